The number of aliphatic hydroxyl groups is 1. The lowest BCUT2D eigenvalue weighted by molar-refractivity contribution is 0.0687. The molecular weight excluding hydrogens is 268 g/mol. The van der Waals surface area contributed by atoms with Crippen molar-refractivity contribution in [2.24, 2.45) is 5.92 Å². The van der Waals surface area contributed by atoms with Crippen molar-refractivity contribution in [2.75, 3.05) is 0 Å². The molecule has 1 saturated carbocycles. The van der Waals surface area contributed by atoms with E-state index in [0.717, 1.165) is 6.42 Å². The van der Waals surface area contributed by atoms with Gasteiger partial charge in [-0.3, -0.25) is 0 Å². The lowest BCUT2D eigenvalue weighted by Crippen LogP contribution is -2.26. The molecular formula is C16H20N2OS. The van der Waals surface area contributed by atoms with E-state index in [-0.39, 0.29) is 12.1 Å². The zero-order valence-electron chi connectivity index (χ0n) is 11.5. The molecule has 2 aromatic heterocycles. The number of rotatable bonds is 3. The second-order valence-electron chi connectivity index (χ2n) is 6.14. The van der Waals surface area contributed by atoms with Crippen LogP contribution < -0.4 is 0 Å². The fourth-order valence-corrected chi connectivity index (χ4v) is 4.76. The second kappa shape index (κ2) is 5.01. The predicted molar refractivity (Wildman–Crippen MR) is 80.9 cm³/mol. The van der Waals surface area contributed by atoms with Gasteiger partial charge in [0.2, 0.25) is 0 Å². The number of fused-ring (bicyclic) bond motifs is 3. The molecule has 0 aromatic carbocycles. The Kier molecular flexibility index (Phi) is 3.15. The van der Waals surface area contributed by atoms with E-state index in [1.165, 1.54) is 48.9 Å². The molecule has 4 rings (SSSR count). The van der Waals surface area contributed by atoms with Gasteiger partial charge in [0, 0.05) is 10.9 Å². The number of thiophene rings is 1. The molecule has 2 aromatic rings. The smallest absolute Gasteiger partial charge is 0.0956 e. The first kappa shape index (κ1) is 12.6. The summed E-state index contributed by atoms with van der Waals surface area (Å²) in [5.74, 6) is 0.499. The maximum Gasteiger partial charge on any atom is 0.0956 e. The van der Waals surface area contributed by atoms with Crippen LogP contribution in [0, 0.1) is 5.92 Å². The number of imidazole rings is 1. The highest BCUT2D eigenvalue weighted by atomic mass is 32.1. The number of nitrogens with zero attached hydrogens (tertiary/aromatic N) is 2. The third kappa shape index (κ3) is 1.93. The van der Waals surface area contributed by atoms with E-state index < -0.39 is 0 Å². The summed E-state index contributed by atoms with van der Waals surface area (Å²) in [7, 11) is 0. The van der Waals surface area contributed by atoms with Crippen molar-refractivity contribution in [2.45, 2.75) is 50.7 Å². The Morgan fingerprint density at radius 2 is 2.15 bits per heavy atom. The molecule has 20 heavy (non-hydrogen) atoms. The summed E-state index contributed by atoms with van der Waals surface area (Å²) in [4.78, 5) is 4.28. The van der Waals surface area contributed by atoms with E-state index in [1.807, 2.05) is 12.5 Å². The molecule has 0 radical (unpaired) electrons. The fraction of sp³-hybridized carbons (Fsp3) is 0.562. The van der Waals surface area contributed by atoms with E-state index in [2.05, 4.69) is 20.3 Å². The Bertz CT molecular complexity index is 557. The summed E-state index contributed by atoms with van der Waals surface area (Å²) >= 11 is 1.75. The Labute approximate surface area is 123 Å². The van der Waals surface area contributed by atoms with E-state index in [1.54, 1.807) is 11.3 Å². The van der Waals surface area contributed by atoms with Gasteiger partial charge in [-0.05, 0) is 36.1 Å². The van der Waals surface area contributed by atoms with Gasteiger partial charge in [-0.2, -0.15) is 11.3 Å². The number of hydrogen-bond donors (Lipinski definition) is 1. The monoisotopic (exact) mass is 288 g/mol. The van der Waals surface area contributed by atoms with Crippen molar-refractivity contribution in [1.82, 2.24) is 9.55 Å². The normalized spacial score (nSPS) is 23.6. The minimum Gasteiger partial charge on any atom is -0.393 e. The minimum absolute atomic E-state index is 0.179. The van der Waals surface area contributed by atoms with Gasteiger partial charge in [-0.1, -0.05) is 19.3 Å². The molecule has 0 bridgehead atoms. The molecule has 4 heteroatoms. The van der Waals surface area contributed by atoms with Crippen LogP contribution in [0.2, 0.25) is 0 Å². The Morgan fingerprint density at radius 1 is 1.30 bits per heavy atom. The van der Waals surface area contributed by atoms with Crippen molar-refractivity contribution >= 4 is 11.3 Å². The average Bonchev–Trinajstić information content (AvgIpc) is 3.16. The van der Waals surface area contributed by atoms with Crippen molar-refractivity contribution in [3.05, 3.63) is 28.8 Å². The largest absolute Gasteiger partial charge is 0.393 e. The topological polar surface area (TPSA) is 38.1 Å². The number of aromatic nitrogens is 2. The molecule has 3 nitrogen and oxygen atoms in total. The molecule has 1 N–H and O–H groups in total. The third-order valence-corrected chi connectivity index (χ3v) is 5.75. The highest BCUT2D eigenvalue weighted by molar-refractivity contribution is 7.08. The molecule has 1 aliphatic carbocycles. The summed E-state index contributed by atoms with van der Waals surface area (Å²) in [5.41, 5.74) is 3.90. The second-order valence-corrected chi connectivity index (χ2v) is 6.89. The van der Waals surface area contributed by atoms with Gasteiger partial charge in [0.1, 0.15) is 0 Å². The van der Waals surface area contributed by atoms with Crippen LogP contribution in [0.15, 0.2) is 23.3 Å². The van der Waals surface area contributed by atoms with Gasteiger partial charge in [0.15, 0.2) is 0 Å². The van der Waals surface area contributed by atoms with E-state index in [9.17, 15) is 5.11 Å². The number of aliphatic hydroxyl groups excluding tert-OH is 1. The summed E-state index contributed by atoms with van der Waals surface area (Å²) < 4.78 is 2.24. The van der Waals surface area contributed by atoms with Crippen LogP contribution in [0.4, 0.5) is 0 Å². The van der Waals surface area contributed by atoms with Crippen LogP contribution in [0.25, 0.3) is 11.3 Å². The average molecular weight is 288 g/mol. The Morgan fingerprint density at radius 3 is 3.00 bits per heavy atom. The van der Waals surface area contributed by atoms with E-state index in [0.29, 0.717) is 5.92 Å². The SMILES string of the molecule is O[C@@H](C[C@H]1c2cscc2-c2cncn21)C1CCCCC1. The van der Waals surface area contributed by atoms with Gasteiger partial charge in [-0.15, -0.1) is 0 Å². The molecule has 0 spiro atoms. The molecule has 0 amide bonds. The first-order valence-electron chi connectivity index (χ1n) is 7.61. The van der Waals surface area contributed by atoms with Crippen LogP contribution in [0.1, 0.15) is 50.1 Å². The first-order valence-corrected chi connectivity index (χ1v) is 8.55. The predicted octanol–water partition coefficient (Wildman–Crippen LogP) is 3.85. The molecule has 106 valence electrons. The summed E-state index contributed by atoms with van der Waals surface area (Å²) in [6.07, 6.45) is 10.8. The molecule has 3 heterocycles. The standard InChI is InChI=1S/C16H20N2OS/c19-16(11-4-2-1-3-5-11)6-14-12-8-20-9-13(12)15-7-17-10-18(14)15/h7-11,14,16,19H,1-6H2/t14-,16-/m0/s1. The molecule has 0 saturated heterocycles. The van der Waals surface area contributed by atoms with E-state index in [4.69, 9.17) is 0 Å². The highest BCUT2D eigenvalue weighted by Crippen LogP contribution is 2.44. The zero-order chi connectivity index (χ0) is 13.5. The van der Waals surface area contributed by atoms with Gasteiger partial charge in [0.05, 0.1) is 30.4 Å². The minimum atomic E-state index is -0.179. The van der Waals surface area contributed by atoms with Crippen molar-refractivity contribution in [3.8, 4) is 11.3 Å². The van der Waals surface area contributed by atoms with Crippen LogP contribution in [-0.4, -0.2) is 20.8 Å². The van der Waals surface area contributed by atoms with Crippen LogP contribution >= 0.6 is 11.3 Å². The fourth-order valence-electron chi connectivity index (χ4n) is 3.87. The molecule has 2 atom stereocenters. The Hall–Kier alpha value is -1.13. The maximum atomic E-state index is 10.6. The Balaban J connectivity index is 1.57. The lowest BCUT2D eigenvalue weighted by Gasteiger charge is -2.28. The molecule has 1 fully saturated rings. The zero-order valence-corrected chi connectivity index (χ0v) is 12.4. The van der Waals surface area contributed by atoms with Crippen LogP contribution in [0.5, 0.6) is 0 Å². The summed E-state index contributed by atoms with van der Waals surface area (Å²) in [6, 6.07) is 0.283. The summed E-state index contributed by atoms with van der Waals surface area (Å²) in [6.45, 7) is 0. The van der Waals surface area contributed by atoms with Crippen molar-refractivity contribution in [3.63, 3.8) is 0 Å². The lowest BCUT2D eigenvalue weighted by atomic mass is 9.82. The van der Waals surface area contributed by atoms with Crippen LogP contribution in [-0.2, 0) is 0 Å². The third-order valence-electron chi connectivity index (χ3n) is 4.99. The van der Waals surface area contributed by atoms with Gasteiger partial charge >= 0.3 is 0 Å². The maximum absolute atomic E-state index is 10.6. The van der Waals surface area contributed by atoms with E-state index >= 15 is 0 Å². The van der Waals surface area contributed by atoms with Crippen molar-refractivity contribution in [1.29, 1.82) is 0 Å². The molecule has 1 aliphatic heterocycles. The van der Waals surface area contributed by atoms with Gasteiger partial charge < -0.3 is 9.67 Å². The van der Waals surface area contributed by atoms with Gasteiger partial charge in [0.25, 0.3) is 0 Å². The van der Waals surface area contributed by atoms with Gasteiger partial charge in [-0.25, -0.2) is 4.98 Å². The molecule has 2 aliphatic rings. The quantitative estimate of drug-likeness (QED) is 0.931. The number of hydrogen-bond acceptors (Lipinski definition) is 3. The van der Waals surface area contributed by atoms with Crippen molar-refractivity contribution < 1.29 is 5.11 Å². The molecule has 0 unspecified atom stereocenters. The highest BCUT2D eigenvalue weighted by Gasteiger charge is 2.33. The van der Waals surface area contributed by atoms with Crippen LogP contribution in [0.3, 0.4) is 0 Å². The summed E-state index contributed by atoms with van der Waals surface area (Å²) in [5, 5.41) is 15.1. The first-order chi connectivity index (χ1) is 9.84.